The Morgan fingerprint density at radius 1 is 0.974 bits per heavy atom. The number of methoxy groups -OCH3 is 1. The van der Waals surface area contributed by atoms with Gasteiger partial charge in [-0.2, -0.15) is 0 Å². The van der Waals surface area contributed by atoms with E-state index in [1.165, 1.54) is 48.4 Å². The van der Waals surface area contributed by atoms with Crippen LogP contribution >= 0.6 is 0 Å². The van der Waals surface area contributed by atoms with E-state index in [4.69, 9.17) is 4.74 Å². The van der Waals surface area contributed by atoms with Gasteiger partial charge in [-0.05, 0) is 81.8 Å². The first-order chi connectivity index (χ1) is 18.4. The number of carbonyl (C=O) groups excluding carboxylic acids is 2. The molecule has 0 aliphatic carbocycles. The molecule has 1 atom stereocenters. The van der Waals surface area contributed by atoms with Crippen molar-refractivity contribution in [3.63, 3.8) is 0 Å². The standard InChI is InChI=1S/C29H34FN3O5S/c1-20(2)31-29(35)22(4)32(18-23-8-6-7-21(3)17-23)28(34)19-33(25-11-9-24(30)10-12-25)39(36,37)27-15-13-26(38-5)14-16-27/h6-17,20,22H,18-19H2,1-5H3,(H,31,35)/t22-/m1/s1. The maximum Gasteiger partial charge on any atom is 0.264 e. The number of nitrogens with zero attached hydrogens (tertiary/aromatic N) is 2. The lowest BCUT2D eigenvalue weighted by Crippen LogP contribution is -2.52. The fraction of sp³-hybridized carbons (Fsp3) is 0.310. The van der Waals surface area contributed by atoms with Crippen molar-refractivity contribution in [1.82, 2.24) is 10.2 Å². The molecule has 0 unspecified atom stereocenters. The van der Waals surface area contributed by atoms with E-state index in [2.05, 4.69) is 5.32 Å². The van der Waals surface area contributed by atoms with Gasteiger partial charge in [-0.3, -0.25) is 13.9 Å². The van der Waals surface area contributed by atoms with E-state index in [-0.39, 0.29) is 29.1 Å². The number of ether oxygens (including phenoxy) is 1. The first-order valence-corrected chi connectivity index (χ1v) is 13.9. The fourth-order valence-corrected chi connectivity index (χ4v) is 5.42. The number of sulfonamides is 1. The van der Waals surface area contributed by atoms with Gasteiger partial charge in [0.1, 0.15) is 24.2 Å². The van der Waals surface area contributed by atoms with Crippen LogP contribution in [0.3, 0.4) is 0 Å². The molecule has 0 aromatic heterocycles. The molecule has 0 fully saturated rings. The molecule has 0 aliphatic rings. The molecule has 0 aliphatic heterocycles. The summed E-state index contributed by atoms with van der Waals surface area (Å²) in [5.74, 6) is -1.04. The Balaban J connectivity index is 2.03. The molecule has 3 aromatic rings. The lowest BCUT2D eigenvalue weighted by atomic mass is 10.1. The molecule has 2 amide bonds. The highest BCUT2D eigenvalue weighted by Crippen LogP contribution is 2.26. The van der Waals surface area contributed by atoms with Gasteiger partial charge in [0, 0.05) is 12.6 Å². The third kappa shape index (κ3) is 7.57. The molecule has 10 heteroatoms. The number of hydrogen-bond donors (Lipinski definition) is 1. The number of benzene rings is 3. The van der Waals surface area contributed by atoms with Gasteiger partial charge < -0.3 is 15.0 Å². The number of halogens is 1. The van der Waals surface area contributed by atoms with E-state index in [0.717, 1.165) is 27.6 Å². The minimum Gasteiger partial charge on any atom is -0.497 e. The molecule has 0 bridgehead atoms. The molecule has 0 heterocycles. The average molecular weight is 556 g/mol. The number of hydrogen-bond acceptors (Lipinski definition) is 5. The van der Waals surface area contributed by atoms with Crippen LogP contribution < -0.4 is 14.4 Å². The van der Waals surface area contributed by atoms with Crippen molar-refractivity contribution >= 4 is 27.5 Å². The van der Waals surface area contributed by atoms with Crippen LogP contribution in [0.5, 0.6) is 5.75 Å². The zero-order valence-corrected chi connectivity index (χ0v) is 23.5. The molecule has 1 N–H and O–H groups in total. The van der Waals surface area contributed by atoms with Crippen LogP contribution in [0, 0.1) is 12.7 Å². The summed E-state index contributed by atoms with van der Waals surface area (Å²) in [6, 6.07) is 17.1. The Hall–Kier alpha value is -3.92. The van der Waals surface area contributed by atoms with E-state index < -0.39 is 34.3 Å². The molecular weight excluding hydrogens is 521 g/mol. The van der Waals surface area contributed by atoms with Gasteiger partial charge in [0.15, 0.2) is 0 Å². The molecule has 0 radical (unpaired) electrons. The third-order valence-corrected chi connectivity index (χ3v) is 7.86. The summed E-state index contributed by atoms with van der Waals surface area (Å²) in [5.41, 5.74) is 1.88. The van der Waals surface area contributed by atoms with Gasteiger partial charge in [-0.15, -0.1) is 0 Å². The van der Waals surface area contributed by atoms with Crippen LogP contribution in [0.1, 0.15) is 31.9 Å². The Morgan fingerprint density at radius 3 is 2.18 bits per heavy atom. The van der Waals surface area contributed by atoms with E-state index in [1.54, 1.807) is 6.92 Å². The maximum atomic E-state index is 13.8. The van der Waals surface area contributed by atoms with Crippen LogP contribution in [0.4, 0.5) is 10.1 Å². The van der Waals surface area contributed by atoms with Crippen molar-refractivity contribution in [1.29, 1.82) is 0 Å². The van der Waals surface area contributed by atoms with Gasteiger partial charge in [0.2, 0.25) is 11.8 Å². The van der Waals surface area contributed by atoms with Gasteiger partial charge >= 0.3 is 0 Å². The normalized spacial score (nSPS) is 12.1. The Bertz CT molecular complexity index is 1390. The van der Waals surface area contributed by atoms with E-state index >= 15 is 0 Å². The minimum absolute atomic E-state index is 0.0729. The lowest BCUT2D eigenvalue weighted by molar-refractivity contribution is -0.139. The Morgan fingerprint density at radius 2 is 1.62 bits per heavy atom. The molecule has 3 rings (SSSR count). The smallest absolute Gasteiger partial charge is 0.264 e. The van der Waals surface area contributed by atoms with Gasteiger partial charge in [-0.1, -0.05) is 29.8 Å². The number of nitrogens with one attached hydrogen (secondary N) is 1. The van der Waals surface area contributed by atoms with Crippen LogP contribution in [0.2, 0.25) is 0 Å². The molecular formula is C29H34FN3O5S. The quantitative estimate of drug-likeness (QED) is 0.381. The summed E-state index contributed by atoms with van der Waals surface area (Å²) in [4.78, 5) is 28.1. The number of amides is 2. The second-order valence-electron chi connectivity index (χ2n) is 9.51. The molecule has 3 aromatic carbocycles. The van der Waals surface area contributed by atoms with Crippen molar-refractivity contribution in [3.8, 4) is 5.75 Å². The van der Waals surface area contributed by atoms with Crippen molar-refractivity contribution in [2.24, 2.45) is 0 Å². The second kappa shape index (κ2) is 12.8. The number of carbonyl (C=O) groups is 2. The zero-order chi connectivity index (χ0) is 28.7. The molecule has 208 valence electrons. The van der Waals surface area contributed by atoms with Gasteiger partial charge in [0.25, 0.3) is 10.0 Å². The second-order valence-corrected chi connectivity index (χ2v) is 11.4. The Labute approximate surface area is 229 Å². The zero-order valence-electron chi connectivity index (χ0n) is 22.7. The van der Waals surface area contributed by atoms with Crippen LogP contribution in [-0.4, -0.2) is 50.9 Å². The predicted octanol–water partition coefficient (Wildman–Crippen LogP) is 4.28. The number of anilines is 1. The maximum absolute atomic E-state index is 13.8. The minimum atomic E-state index is -4.26. The monoisotopic (exact) mass is 555 g/mol. The largest absolute Gasteiger partial charge is 0.497 e. The lowest BCUT2D eigenvalue weighted by Gasteiger charge is -2.32. The fourth-order valence-electron chi connectivity index (χ4n) is 4.01. The number of aryl methyl sites for hydroxylation is 1. The summed E-state index contributed by atoms with van der Waals surface area (Å²) in [6.45, 7) is 6.64. The van der Waals surface area contributed by atoms with Crippen molar-refractivity contribution in [3.05, 3.63) is 89.7 Å². The van der Waals surface area contributed by atoms with Crippen molar-refractivity contribution < 1.29 is 27.1 Å². The number of rotatable bonds is 11. The molecule has 0 saturated carbocycles. The van der Waals surface area contributed by atoms with Crippen LogP contribution in [0.15, 0.2) is 77.7 Å². The molecule has 39 heavy (non-hydrogen) atoms. The Kier molecular flexibility index (Phi) is 9.69. The van der Waals surface area contributed by atoms with Gasteiger partial charge in [0.05, 0.1) is 17.7 Å². The van der Waals surface area contributed by atoms with E-state index in [0.29, 0.717) is 5.75 Å². The van der Waals surface area contributed by atoms with E-state index in [9.17, 15) is 22.4 Å². The van der Waals surface area contributed by atoms with Crippen molar-refractivity contribution in [2.75, 3.05) is 18.0 Å². The highest BCUT2D eigenvalue weighted by atomic mass is 32.2. The SMILES string of the molecule is COc1ccc(S(=O)(=O)N(CC(=O)N(Cc2cccc(C)c2)[C@H](C)C(=O)NC(C)C)c2ccc(F)cc2)cc1. The van der Waals surface area contributed by atoms with Crippen LogP contribution in [0.25, 0.3) is 0 Å². The summed E-state index contributed by atoms with van der Waals surface area (Å²) in [6.07, 6.45) is 0. The van der Waals surface area contributed by atoms with Crippen molar-refractivity contribution in [2.45, 2.75) is 51.2 Å². The predicted molar refractivity (Wildman–Crippen MR) is 148 cm³/mol. The molecule has 0 saturated heterocycles. The molecule has 0 spiro atoms. The molecule has 8 nitrogen and oxygen atoms in total. The topological polar surface area (TPSA) is 96.0 Å². The average Bonchev–Trinajstić information content (AvgIpc) is 2.90. The summed E-state index contributed by atoms with van der Waals surface area (Å²) < 4.78 is 47.3. The highest BCUT2D eigenvalue weighted by molar-refractivity contribution is 7.92. The highest BCUT2D eigenvalue weighted by Gasteiger charge is 2.32. The van der Waals surface area contributed by atoms with Crippen LogP contribution in [-0.2, 0) is 26.2 Å². The summed E-state index contributed by atoms with van der Waals surface area (Å²) >= 11 is 0. The summed E-state index contributed by atoms with van der Waals surface area (Å²) in [7, 11) is -2.79. The van der Waals surface area contributed by atoms with Gasteiger partial charge in [-0.25, -0.2) is 12.8 Å². The van der Waals surface area contributed by atoms with E-state index in [1.807, 2.05) is 45.0 Å². The first-order valence-electron chi connectivity index (χ1n) is 12.5. The summed E-state index contributed by atoms with van der Waals surface area (Å²) in [5, 5.41) is 2.81. The third-order valence-electron chi connectivity index (χ3n) is 6.07. The first kappa shape index (κ1) is 29.6.